The third-order valence-electron chi connectivity index (χ3n) is 5.63. The van der Waals surface area contributed by atoms with Crippen LogP contribution in [-0.2, 0) is 17.6 Å². The number of hydrogen-bond acceptors (Lipinski definition) is 5. The molecule has 178 valence electrons. The van der Waals surface area contributed by atoms with Gasteiger partial charge >= 0.3 is 0 Å². The summed E-state index contributed by atoms with van der Waals surface area (Å²) in [5.74, 6) is 1.36. The predicted octanol–water partition coefficient (Wildman–Crippen LogP) is 3.99. The Labute approximate surface area is 204 Å². The van der Waals surface area contributed by atoms with Crippen LogP contribution in [0.5, 0.6) is 11.5 Å². The number of benzene rings is 2. The molecule has 0 spiro atoms. The molecular weight excluding hydrogens is 454 g/mol. The molecule has 1 saturated carbocycles. The summed E-state index contributed by atoms with van der Waals surface area (Å²) in [5.41, 5.74) is 2.25. The minimum absolute atomic E-state index is 0.0650. The Bertz CT molecular complexity index is 1090. The van der Waals surface area contributed by atoms with Crippen molar-refractivity contribution in [1.82, 2.24) is 10.6 Å². The van der Waals surface area contributed by atoms with E-state index in [2.05, 4.69) is 16.7 Å². The molecule has 34 heavy (non-hydrogen) atoms. The molecule has 1 aliphatic carbocycles. The fourth-order valence-electron chi connectivity index (χ4n) is 3.45. The number of aryl methyl sites for hydroxylation is 1. The van der Waals surface area contributed by atoms with Crippen LogP contribution in [0.4, 0.5) is 0 Å². The first kappa shape index (κ1) is 25.1. The van der Waals surface area contributed by atoms with E-state index in [9.17, 15) is 9.59 Å². The zero-order chi connectivity index (χ0) is 24.4. The van der Waals surface area contributed by atoms with Gasteiger partial charge in [-0.3, -0.25) is 9.59 Å². The maximum absolute atomic E-state index is 12.6. The van der Waals surface area contributed by atoms with E-state index < -0.39 is 5.54 Å². The van der Waals surface area contributed by atoms with E-state index >= 15 is 0 Å². The smallest absolute Gasteiger partial charge is 0.251 e. The molecule has 0 radical (unpaired) electrons. The van der Waals surface area contributed by atoms with Crippen LogP contribution in [0.3, 0.4) is 0 Å². The van der Waals surface area contributed by atoms with Gasteiger partial charge in [0.2, 0.25) is 6.41 Å². The first-order valence-corrected chi connectivity index (χ1v) is 11.5. The second-order valence-electron chi connectivity index (χ2n) is 8.07. The largest absolute Gasteiger partial charge is 0.497 e. The number of hydrogen-bond donors (Lipinski definition) is 2. The number of allylic oxidation sites excluding steroid dienone is 1. The van der Waals surface area contributed by atoms with Crippen molar-refractivity contribution < 1.29 is 19.1 Å². The molecule has 0 unspecified atom stereocenters. The number of carbonyl (C=O) groups excluding carboxylic acids is 2. The van der Waals surface area contributed by atoms with E-state index in [0.29, 0.717) is 42.3 Å². The maximum atomic E-state index is 12.6. The zero-order valence-electron chi connectivity index (χ0n) is 19.1. The fraction of sp³-hybridized carbons (Fsp3) is 0.346. The van der Waals surface area contributed by atoms with Crippen molar-refractivity contribution in [1.29, 1.82) is 5.26 Å². The lowest BCUT2D eigenvalue weighted by Gasteiger charge is -2.13. The number of amides is 2. The topological polar surface area (TPSA) is 100 Å². The van der Waals surface area contributed by atoms with E-state index in [4.69, 9.17) is 26.3 Å². The second kappa shape index (κ2) is 12.1. The average Bonchev–Trinajstić information content (AvgIpc) is 3.62. The molecule has 2 N–H and O–H groups in total. The van der Waals surface area contributed by atoms with Crippen molar-refractivity contribution in [3.05, 3.63) is 70.3 Å². The maximum Gasteiger partial charge on any atom is 0.251 e. The van der Waals surface area contributed by atoms with Crippen molar-refractivity contribution in [2.45, 2.75) is 37.6 Å². The summed E-state index contributed by atoms with van der Waals surface area (Å²) in [6, 6.07) is 13.3. The molecule has 3 aliphatic rings. The lowest BCUT2D eigenvalue weighted by molar-refractivity contribution is -0.110. The monoisotopic (exact) mass is 481 g/mol. The van der Waals surface area contributed by atoms with Crippen LogP contribution >= 0.6 is 11.6 Å². The summed E-state index contributed by atoms with van der Waals surface area (Å²) in [5, 5.41) is 14.3. The van der Waals surface area contributed by atoms with Gasteiger partial charge in [0.05, 0.1) is 18.2 Å². The highest BCUT2D eigenvalue weighted by atomic mass is 35.5. The predicted molar refractivity (Wildman–Crippen MR) is 130 cm³/mol. The number of halogens is 1. The Hall–Kier alpha value is -3.50. The van der Waals surface area contributed by atoms with Crippen LogP contribution in [0.1, 0.15) is 40.7 Å². The number of nitrogens with one attached hydrogen (secondary N) is 2. The minimum atomic E-state index is -0.470. The normalized spacial score (nSPS) is 17.4. The Kier molecular flexibility index (Phi) is 8.94. The van der Waals surface area contributed by atoms with Crippen molar-refractivity contribution in [2.24, 2.45) is 0 Å². The van der Waals surface area contributed by atoms with E-state index in [1.54, 1.807) is 7.11 Å². The third-order valence-corrected chi connectivity index (χ3v) is 5.93. The number of carbonyl (C=O) groups is 2. The molecule has 2 aromatic carbocycles. The SMILES string of the molecule is COc1ccc2c(c1)CC/C=C/COc1ccc(cc1Cl)CCNC2=O.N#CC1(NC=O)CC1. The van der Waals surface area contributed by atoms with Gasteiger partial charge in [-0.15, -0.1) is 0 Å². The fourth-order valence-corrected chi connectivity index (χ4v) is 3.70. The van der Waals surface area contributed by atoms with E-state index in [1.807, 2.05) is 48.5 Å². The van der Waals surface area contributed by atoms with Crippen molar-refractivity contribution in [3.8, 4) is 17.6 Å². The molecule has 7 nitrogen and oxygen atoms in total. The van der Waals surface area contributed by atoms with E-state index in [1.165, 1.54) is 0 Å². The minimum Gasteiger partial charge on any atom is -0.497 e. The summed E-state index contributed by atoms with van der Waals surface area (Å²) in [6.07, 6.45) is 8.48. The number of methoxy groups -OCH3 is 1. The molecule has 5 rings (SSSR count). The summed E-state index contributed by atoms with van der Waals surface area (Å²) in [6.45, 7) is 1.01. The Morgan fingerprint density at radius 3 is 2.68 bits per heavy atom. The van der Waals surface area contributed by atoms with Crippen LogP contribution in [-0.4, -0.2) is 38.1 Å². The van der Waals surface area contributed by atoms with E-state index in [0.717, 1.165) is 42.6 Å². The zero-order valence-corrected chi connectivity index (χ0v) is 19.9. The van der Waals surface area contributed by atoms with Crippen LogP contribution in [0.2, 0.25) is 5.02 Å². The Morgan fingerprint density at radius 1 is 1.21 bits per heavy atom. The first-order valence-electron chi connectivity index (χ1n) is 11.1. The van der Waals surface area contributed by atoms with Crippen LogP contribution in [0.25, 0.3) is 0 Å². The molecule has 1 fully saturated rings. The van der Waals surface area contributed by atoms with Gasteiger partial charge in [-0.25, -0.2) is 0 Å². The molecule has 0 atom stereocenters. The highest BCUT2D eigenvalue weighted by Gasteiger charge is 2.42. The first-order chi connectivity index (χ1) is 16.5. The number of fused-ring (bicyclic) bond motifs is 9. The van der Waals surface area contributed by atoms with Gasteiger partial charge < -0.3 is 20.1 Å². The molecule has 2 bridgehead atoms. The van der Waals surface area contributed by atoms with Crippen LogP contribution < -0.4 is 20.1 Å². The highest BCUT2D eigenvalue weighted by Crippen LogP contribution is 2.33. The Morgan fingerprint density at radius 2 is 2.03 bits per heavy atom. The van der Waals surface area contributed by atoms with Gasteiger partial charge in [0.1, 0.15) is 23.6 Å². The van der Waals surface area contributed by atoms with Gasteiger partial charge in [0.15, 0.2) is 0 Å². The molecule has 2 aliphatic heterocycles. The summed E-state index contributed by atoms with van der Waals surface area (Å²) in [4.78, 5) is 22.4. The summed E-state index contributed by atoms with van der Waals surface area (Å²) < 4.78 is 11.0. The molecule has 0 saturated heterocycles. The molecular formula is C26H28ClN3O4. The van der Waals surface area contributed by atoms with Crippen molar-refractivity contribution in [3.63, 3.8) is 0 Å². The van der Waals surface area contributed by atoms with Gasteiger partial charge in [-0.05, 0) is 73.6 Å². The quantitative estimate of drug-likeness (QED) is 0.510. The van der Waals surface area contributed by atoms with Crippen molar-refractivity contribution >= 4 is 23.9 Å². The molecule has 2 amide bonds. The van der Waals surface area contributed by atoms with Gasteiger partial charge in [0, 0.05) is 12.1 Å². The van der Waals surface area contributed by atoms with Gasteiger partial charge in [0.25, 0.3) is 5.91 Å². The number of nitriles is 1. The lowest BCUT2D eigenvalue weighted by Crippen LogP contribution is -2.27. The molecule has 0 aromatic heterocycles. The summed E-state index contributed by atoms with van der Waals surface area (Å²) >= 11 is 6.27. The van der Waals surface area contributed by atoms with Crippen molar-refractivity contribution in [2.75, 3.05) is 20.3 Å². The average molecular weight is 482 g/mol. The number of ether oxygens (including phenoxy) is 2. The molecule has 2 aromatic rings. The lowest BCUT2D eigenvalue weighted by atomic mass is 10.0. The Balaban J connectivity index is 0.000000343. The summed E-state index contributed by atoms with van der Waals surface area (Å²) in [7, 11) is 1.63. The third kappa shape index (κ3) is 7.00. The molecule has 8 heteroatoms. The standard InChI is InChI=1S/C21H22ClNO3.C5H6N2O/c1-25-17-7-8-18-16(14-17)5-3-2-4-12-26-20-9-6-15(13-19(20)22)10-11-23-21(18)24;6-3-5(1-2-5)7-4-8/h2,4,6-9,13-14H,3,5,10-12H2,1H3,(H,23,24);4H,1-2H2,(H,7,8)/b4-2+;. The number of rotatable bonds is 3. The van der Waals surface area contributed by atoms with Gasteiger partial charge in [-0.1, -0.05) is 29.8 Å². The van der Waals surface area contributed by atoms with Crippen LogP contribution in [0, 0.1) is 11.3 Å². The van der Waals surface area contributed by atoms with Gasteiger partial charge in [-0.2, -0.15) is 5.26 Å². The van der Waals surface area contributed by atoms with Crippen LogP contribution in [0.15, 0.2) is 48.6 Å². The number of nitrogens with zero attached hydrogens (tertiary/aromatic N) is 1. The molecule has 2 heterocycles. The second-order valence-corrected chi connectivity index (χ2v) is 8.48. The van der Waals surface area contributed by atoms with E-state index in [-0.39, 0.29) is 5.91 Å². The highest BCUT2D eigenvalue weighted by molar-refractivity contribution is 6.32.